The highest BCUT2D eigenvalue weighted by molar-refractivity contribution is 5.88. The molecular weight excluding hydrogens is 224 g/mol. The molecule has 0 fully saturated rings. The molecule has 0 bridgehead atoms. The third-order valence-corrected chi connectivity index (χ3v) is 3.38. The zero-order chi connectivity index (χ0) is 13.0. The average Bonchev–Trinajstić information content (AvgIpc) is 2.79. The predicted molar refractivity (Wildman–Crippen MR) is 74.5 cm³/mol. The van der Waals surface area contributed by atoms with Gasteiger partial charge in [0.25, 0.3) is 0 Å². The molecule has 2 N–H and O–H groups in total. The van der Waals surface area contributed by atoms with Crippen LogP contribution in [0.5, 0.6) is 0 Å². The van der Waals surface area contributed by atoms with Gasteiger partial charge in [0, 0.05) is 23.1 Å². The molecule has 1 amide bonds. The number of aromatic nitrogens is 1. The van der Waals surface area contributed by atoms with Crippen molar-refractivity contribution in [1.29, 1.82) is 0 Å². The van der Waals surface area contributed by atoms with Gasteiger partial charge < -0.3 is 10.3 Å². The van der Waals surface area contributed by atoms with Crippen molar-refractivity contribution in [2.45, 2.75) is 39.2 Å². The van der Waals surface area contributed by atoms with Crippen LogP contribution in [0, 0.1) is 0 Å². The molecule has 2 rings (SSSR count). The smallest absolute Gasteiger partial charge is 0.224 e. The quantitative estimate of drug-likeness (QED) is 0.834. The van der Waals surface area contributed by atoms with Crippen molar-refractivity contribution in [2.24, 2.45) is 0 Å². The maximum atomic E-state index is 12.0. The van der Waals surface area contributed by atoms with Gasteiger partial charge in [-0.05, 0) is 24.5 Å². The number of aromatic amines is 1. The van der Waals surface area contributed by atoms with Crippen LogP contribution in [-0.2, 0) is 11.2 Å². The highest BCUT2D eigenvalue weighted by Crippen LogP contribution is 2.18. The number of fused-ring (bicyclic) bond motifs is 1. The molecule has 0 aliphatic heterocycles. The number of rotatable bonds is 5. The number of nitrogens with one attached hydrogen (secondary N) is 2. The molecular formula is C15H20N2O. The van der Waals surface area contributed by atoms with E-state index < -0.39 is 0 Å². The Hall–Kier alpha value is -1.77. The zero-order valence-electron chi connectivity index (χ0n) is 11.0. The van der Waals surface area contributed by atoms with Gasteiger partial charge in [-0.25, -0.2) is 0 Å². The molecule has 0 unspecified atom stereocenters. The first kappa shape index (κ1) is 12.7. The Morgan fingerprint density at radius 3 is 2.72 bits per heavy atom. The average molecular weight is 244 g/mol. The fraction of sp³-hybridized carbons (Fsp3) is 0.400. The van der Waals surface area contributed by atoms with Crippen LogP contribution in [0.25, 0.3) is 10.9 Å². The van der Waals surface area contributed by atoms with E-state index in [9.17, 15) is 4.79 Å². The molecule has 0 saturated carbocycles. The molecule has 1 heterocycles. The Morgan fingerprint density at radius 2 is 2.00 bits per heavy atom. The zero-order valence-corrected chi connectivity index (χ0v) is 11.0. The van der Waals surface area contributed by atoms with Gasteiger partial charge in [-0.2, -0.15) is 0 Å². The van der Waals surface area contributed by atoms with Crippen molar-refractivity contribution >= 4 is 16.8 Å². The Kier molecular flexibility index (Phi) is 4.03. The van der Waals surface area contributed by atoms with Crippen LogP contribution in [0.3, 0.4) is 0 Å². The molecule has 0 atom stereocenters. The summed E-state index contributed by atoms with van der Waals surface area (Å²) in [5.41, 5.74) is 2.15. The monoisotopic (exact) mass is 244 g/mol. The van der Waals surface area contributed by atoms with Crippen LogP contribution in [0.4, 0.5) is 0 Å². The lowest BCUT2D eigenvalue weighted by atomic mass is 10.1. The molecule has 0 aliphatic rings. The molecule has 2 aromatic rings. The van der Waals surface area contributed by atoms with Crippen molar-refractivity contribution in [3.8, 4) is 0 Å². The van der Waals surface area contributed by atoms with Crippen molar-refractivity contribution < 1.29 is 4.79 Å². The lowest BCUT2D eigenvalue weighted by Gasteiger charge is -2.14. The van der Waals surface area contributed by atoms with E-state index >= 15 is 0 Å². The van der Waals surface area contributed by atoms with Gasteiger partial charge in [0.2, 0.25) is 5.91 Å². The first-order valence-corrected chi connectivity index (χ1v) is 6.59. The molecule has 3 heteroatoms. The molecule has 96 valence electrons. The van der Waals surface area contributed by atoms with Gasteiger partial charge in [-0.3, -0.25) is 4.79 Å². The van der Waals surface area contributed by atoms with Gasteiger partial charge in [-0.1, -0.05) is 32.0 Å². The minimum absolute atomic E-state index is 0.105. The number of hydrogen-bond donors (Lipinski definition) is 2. The normalized spacial score (nSPS) is 11.1. The standard InChI is InChI=1S/C15H20N2O/c1-3-12(4-2)17-15(18)9-11-10-16-14-8-6-5-7-13(11)14/h5-8,10,12,16H,3-4,9H2,1-2H3,(H,17,18). The van der Waals surface area contributed by atoms with E-state index in [4.69, 9.17) is 0 Å². The molecule has 1 aromatic carbocycles. The van der Waals surface area contributed by atoms with E-state index in [1.165, 1.54) is 0 Å². The summed E-state index contributed by atoms with van der Waals surface area (Å²) in [6.45, 7) is 4.19. The van der Waals surface area contributed by atoms with E-state index in [1.807, 2.05) is 30.5 Å². The van der Waals surface area contributed by atoms with E-state index in [-0.39, 0.29) is 5.91 Å². The molecule has 0 saturated heterocycles. The summed E-state index contributed by atoms with van der Waals surface area (Å²) in [5, 5.41) is 4.20. The lowest BCUT2D eigenvalue weighted by Crippen LogP contribution is -2.34. The van der Waals surface area contributed by atoms with Gasteiger partial charge in [0.05, 0.1) is 6.42 Å². The van der Waals surface area contributed by atoms with Gasteiger partial charge in [0.1, 0.15) is 0 Å². The lowest BCUT2D eigenvalue weighted by molar-refractivity contribution is -0.121. The van der Waals surface area contributed by atoms with Crippen LogP contribution in [0.1, 0.15) is 32.3 Å². The van der Waals surface area contributed by atoms with Crippen LogP contribution in [0.15, 0.2) is 30.5 Å². The molecule has 18 heavy (non-hydrogen) atoms. The Labute approximate surface area is 108 Å². The van der Waals surface area contributed by atoms with Crippen molar-refractivity contribution in [3.05, 3.63) is 36.0 Å². The van der Waals surface area contributed by atoms with E-state index in [2.05, 4.69) is 24.1 Å². The third kappa shape index (κ3) is 2.73. The summed E-state index contributed by atoms with van der Waals surface area (Å²) in [6, 6.07) is 8.36. The summed E-state index contributed by atoms with van der Waals surface area (Å²) < 4.78 is 0. The van der Waals surface area contributed by atoms with Gasteiger partial charge in [-0.15, -0.1) is 0 Å². The highest BCUT2D eigenvalue weighted by Gasteiger charge is 2.11. The molecule has 0 radical (unpaired) electrons. The molecule has 0 spiro atoms. The number of hydrogen-bond acceptors (Lipinski definition) is 1. The Balaban J connectivity index is 2.07. The Bertz CT molecular complexity index is 526. The molecule has 3 nitrogen and oxygen atoms in total. The van der Waals surface area contributed by atoms with Crippen LogP contribution in [-0.4, -0.2) is 16.9 Å². The maximum absolute atomic E-state index is 12.0. The first-order chi connectivity index (χ1) is 8.74. The summed E-state index contributed by atoms with van der Waals surface area (Å²) in [7, 11) is 0. The number of carbonyl (C=O) groups excluding carboxylic acids is 1. The fourth-order valence-corrected chi connectivity index (χ4v) is 2.22. The van der Waals surface area contributed by atoms with E-state index in [0.717, 1.165) is 29.3 Å². The summed E-state index contributed by atoms with van der Waals surface area (Å²) in [4.78, 5) is 15.2. The summed E-state index contributed by atoms with van der Waals surface area (Å²) >= 11 is 0. The number of benzene rings is 1. The molecule has 1 aromatic heterocycles. The minimum atomic E-state index is 0.105. The van der Waals surface area contributed by atoms with Gasteiger partial charge >= 0.3 is 0 Å². The van der Waals surface area contributed by atoms with Crippen LogP contribution >= 0.6 is 0 Å². The summed E-state index contributed by atoms with van der Waals surface area (Å²) in [6.07, 6.45) is 4.34. The predicted octanol–water partition coefficient (Wildman–Crippen LogP) is 3.02. The SMILES string of the molecule is CCC(CC)NC(=O)Cc1c[nH]c2ccccc12. The van der Waals surface area contributed by atoms with Crippen molar-refractivity contribution in [3.63, 3.8) is 0 Å². The Morgan fingerprint density at radius 1 is 1.28 bits per heavy atom. The van der Waals surface area contributed by atoms with Crippen LogP contribution in [0.2, 0.25) is 0 Å². The number of para-hydroxylation sites is 1. The van der Waals surface area contributed by atoms with Gasteiger partial charge in [0.15, 0.2) is 0 Å². The third-order valence-electron chi connectivity index (χ3n) is 3.38. The van der Waals surface area contributed by atoms with Crippen molar-refractivity contribution in [2.75, 3.05) is 0 Å². The number of H-pyrrole nitrogens is 1. The second kappa shape index (κ2) is 5.71. The fourth-order valence-electron chi connectivity index (χ4n) is 2.22. The maximum Gasteiger partial charge on any atom is 0.224 e. The minimum Gasteiger partial charge on any atom is -0.361 e. The van der Waals surface area contributed by atoms with Crippen LogP contribution < -0.4 is 5.32 Å². The second-order valence-electron chi connectivity index (χ2n) is 4.62. The largest absolute Gasteiger partial charge is 0.361 e. The van der Waals surface area contributed by atoms with Crippen molar-refractivity contribution in [1.82, 2.24) is 10.3 Å². The summed E-state index contributed by atoms with van der Waals surface area (Å²) in [5.74, 6) is 0.105. The first-order valence-electron chi connectivity index (χ1n) is 6.59. The molecule has 0 aliphatic carbocycles. The number of amides is 1. The number of carbonyl (C=O) groups is 1. The topological polar surface area (TPSA) is 44.9 Å². The highest BCUT2D eigenvalue weighted by atomic mass is 16.1. The van der Waals surface area contributed by atoms with E-state index in [1.54, 1.807) is 0 Å². The van der Waals surface area contributed by atoms with E-state index in [0.29, 0.717) is 12.5 Å². The second-order valence-corrected chi connectivity index (χ2v) is 4.62.